The molecule has 5 rings (SSSR count). The number of amides is 2. The number of nitrogens with one attached hydrogen (secondary N) is 2. The lowest BCUT2D eigenvalue weighted by Gasteiger charge is -2.38. The molecule has 2 amide bonds. The first-order valence-corrected chi connectivity index (χ1v) is 11.4. The highest BCUT2D eigenvalue weighted by Gasteiger charge is 2.38. The van der Waals surface area contributed by atoms with Gasteiger partial charge in [-0.2, -0.15) is 0 Å². The van der Waals surface area contributed by atoms with Gasteiger partial charge in [0.05, 0.1) is 11.4 Å². The van der Waals surface area contributed by atoms with Gasteiger partial charge in [-0.25, -0.2) is 4.79 Å². The van der Waals surface area contributed by atoms with Gasteiger partial charge < -0.3 is 25.5 Å². The highest BCUT2D eigenvalue weighted by molar-refractivity contribution is 14.1. The first-order chi connectivity index (χ1) is 14.1. The molecular weight excluding hydrogens is 479 g/mol. The van der Waals surface area contributed by atoms with Gasteiger partial charge in [0.25, 0.3) is 0 Å². The number of urea groups is 1. The van der Waals surface area contributed by atoms with Crippen LogP contribution in [-0.4, -0.2) is 41.5 Å². The van der Waals surface area contributed by atoms with E-state index in [2.05, 4.69) is 56.3 Å². The van der Waals surface area contributed by atoms with Crippen LogP contribution in [0.5, 0.6) is 0 Å². The molecule has 2 heterocycles. The molecule has 2 aromatic carbocycles. The Hall–Kier alpha value is -2.00. The number of rotatable bonds is 3. The van der Waals surface area contributed by atoms with Crippen molar-refractivity contribution in [2.45, 2.75) is 44.0 Å². The minimum atomic E-state index is -0.693. The van der Waals surface area contributed by atoms with Gasteiger partial charge in [-0.3, -0.25) is 0 Å². The van der Waals surface area contributed by atoms with Crippen LogP contribution >= 0.6 is 22.6 Å². The third-order valence-corrected chi connectivity index (χ3v) is 6.87. The summed E-state index contributed by atoms with van der Waals surface area (Å²) < 4.78 is 1.14. The molecule has 0 aromatic heterocycles. The van der Waals surface area contributed by atoms with Crippen LogP contribution in [0.15, 0.2) is 42.5 Å². The van der Waals surface area contributed by atoms with Crippen molar-refractivity contribution in [2.75, 3.05) is 28.6 Å². The quantitative estimate of drug-likeness (QED) is 0.544. The zero-order chi connectivity index (χ0) is 20.0. The lowest BCUT2D eigenvalue weighted by Crippen LogP contribution is -2.51. The highest BCUT2D eigenvalue weighted by Crippen LogP contribution is 2.49. The minimum Gasteiger partial charge on any atom is -0.356 e. The molecule has 0 bridgehead atoms. The van der Waals surface area contributed by atoms with Crippen molar-refractivity contribution in [3.05, 3.63) is 51.6 Å². The fourth-order valence-electron chi connectivity index (χ4n) is 4.47. The maximum Gasteiger partial charge on any atom is 0.321 e. The van der Waals surface area contributed by atoms with Gasteiger partial charge >= 0.3 is 6.03 Å². The maximum absolute atomic E-state index is 12.6. The Bertz CT molecular complexity index is 908. The second-order valence-electron chi connectivity index (χ2n) is 8.10. The van der Waals surface area contributed by atoms with Gasteiger partial charge in [-0.1, -0.05) is 12.1 Å². The number of carbonyl (C=O) groups excluding carboxylic acids is 1. The molecule has 29 heavy (non-hydrogen) atoms. The molecule has 1 saturated heterocycles. The Morgan fingerprint density at radius 3 is 2.48 bits per heavy atom. The molecule has 2 fully saturated rings. The Morgan fingerprint density at radius 2 is 1.79 bits per heavy atom. The lowest BCUT2D eigenvalue weighted by atomic mass is 10.0. The molecule has 1 atom stereocenters. The van der Waals surface area contributed by atoms with E-state index >= 15 is 0 Å². The number of hydrogen-bond donors (Lipinski definition) is 3. The van der Waals surface area contributed by atoms with E-state index in [1.54, 1.807) is 0 Å². The summed E-state index contributed by atoms with van der Waals surface area (Å²) in [6, 6.07) is 14.4. The molecule has 7 heteroatoms. The highest BCUT2D eigenvalue weighted by atomic mass is 127. The standard InChI is InChI=1S/C22H25IN4O2/c23-15-6-8-16(9-7-15)24-21(28)26-12-10-17(11-13-26)27-19-3-1-2-18(14-4-5-14)20(19)25-22(27)29/h1-3,6-9,14,17,22,25,29H,4-5,10-13H2,(H,24,28). The van der Waals surface area contributed by atoms with Crippen LogP contribution in [0.3, 0.4) is 0 Å². The normalized spacial score (nSPS) is 21.7. The predicted octanol–water partition coefficient (Wildman–Crippen LogP) is 4.37. The number of likely N-dealkylation sites (tertiary alicyclic amines) is 1. The molecule has 2 aliphatic heterocycles. The maximum atomic E-state index is 12.6. The van der Waals surface area contributed by atoms with Crippen LogP contribution in [0, 0.1) is 3.57 Å². The summed E-state index contributed by atoms with van der Waals surface area (Å²) >= 11 is 2.25. The number of nitrogens with zero attached hydrogens (tertiary/aromatic N) is 2. The molecular formula is C22H25IN4O2. The molecule has 1 unspecified atom stereocenters. The topological polar surface area (TPSA) is 67.8 Å². The fourth-order valence-corrected chi connectivity index (χ4v) is 4.83. The zero-order valence-corrected chi connectivity index (χ0v) is 18.3. The molecule has 3 N–H and O–H groups in total. The van der Waals surface area contributed by atoms with E-state index in [4.69, 9.17) is 0 Å². The molecule has 0 radical (unpaired) electrons. The molecule has 3 aliphatic rings. The summed E-state index contributed by atoms with van der Waals surface area (Å²) in [5, 5.41) is 17.0. The first kappa shape index (κ1) is 19.0. The van der Waals surface area contributed by atoms with Crippen LogP contribution in [-0.2, 0) is 0 Å². The second-order valence-corrected chi connectivity index (χ2v) is 9.34. The summed E-state index contributed by atoms with van der Waals surface area (Å²) in [5.41, 5.74) is 4.35. The van der Waals surface area contributed by atoms with Crippen molar-refractivity contribution in [3.8, 4) is 0 Å². The molecule has 152 valence electrons. The van der Waals surface area contributed by atoms with Gasteiger partial charge in [-0.15, -0.1) is 0 Å². The van der Waals surface area contributed by atoms with Crippen LogP contribution in [0.1, 0.15) is 37.2 Å². The monoisotopic (exact) mass is 504 g/mol. The Kier molecular flexibility index (Phi) is 5.03. The van der Waals surface area contributed by atoms with E-state index in [1.165, 1.54) is 18.4 Å². The number of benzene rings is 2. The summed E-state index contributed by atoms with van der Waals surface area (Å²) in [5.74, 6) is 0.636. The molecule has 1 aliphatic carbocycles. The summed E-state index contributed by atoms with van der Waals surface area (Å²) in [6.45, 7) is 1.36. The van der Waals surface area contributed by atoms with Crippen LogP contribution in [0.25, 0.3) is 0 Å². The summed E-state index contributed by atoms with van der Waals surface area (Å²) in [4.78, 5) is 16.6. The van der Waals surface area contributed by atoms with E-state index in [-0.39, 0.29) is 12.1 Å². The number of fused-ring (bicyclic) bond motifs is 1. The number of halogens is 1. The van der Waals surface area contributed by atoms with Crippen molar-refractivity contribution in [1.82, 2.24) is 4.90 Å². The number of aliphatic hydroxyl groups is 1. The van der Waals surface area contributed by atoms with Crippen LogP contribution in [0.4, 0.5) is 21.9 Å². The van der Waals surface area contributed by atoms with Crippen molar-refractivity contribution in [1.29, 1.82) is 0 Å². The largest absolute Gasteiger partial charge is 0.356 e. The van der Waals surface area contributed by atoms with E-state index in [0.29, 0.717) is 19.0 Å². The average Bonchev–Trinajstić information content (AvgIpc) is 3.51. The minimum absolute atomic E-state index is 0.0545. The smallest absolute Gasteiger partial charge is 0.321 e. The van der Waals surface area contributed by atoms with E-state index in [9.17, 15) is 9.90 Å². The SMILES string of the molecule is O=C(Nc1ccc(I)cc1)N1CCC(N2c3cccc(C4CC4)c3NC2O)CC1. The van der Waals surface area contributed by atoms with E-state index in [0.717, 1.165) is 33.5 Å². The zero-order valence-electron chi connectivity index (χ0n) is 16.1. The van der Waals surface area contributed by atoms with Crippen LogP contribution in [0.2, 0.25) is 0 Å². The van der Waals surface area contributed by atoms with Crippen molar-refractivity contribution >= 4 is 45.7 Å². The van der Waals surface area contributed by atoms with E-state index < -0.39 is 6.35 Å². The van der Waals surface area contributed by atoms with Gasteiger partial charge in [0.1, 0.15) is 0 Å². The van der Waals surface area contributed by atoms with Gasteiger partial charge in [0, 0.05) is 28.4 Å². The Labute approximate surface area is 184 Å². The van der Waals surface area contributed by atoms with Crippen molar-refractivity contribution in [3.63, 3.8) is 0 Å². The van der Waals surface area contributed by atoms with Gasteiger partial charge in [0.15, 0.2) is 0 Å². The third kappa shape index (κ3) is 3.77. The Balaban J connectivity index is 1.24. The number of hydrogen-bond acceptors (Lipinski definition) is 4. The second kappa shape index (κ2) is 7.68. The Morgan fingerprint density at radius 1 is 1.07 bits per heavy atom. The predicted molar refractivity (Wildman–Crippen MR) is 123 cm³/mol. The van der Waals surface area contributed by atoms with Crippen molar-refractivity contribution in [2.24, 2.45) is 0 Å². The molecule has 0 spiro atoms. The van der Waals surface area contributed by atoms with E-state index in [1.807, 2.05) is 29.2 Å². The number of anilines is 3. The number of carbonyl (C=O) groups is 1. The first-order valence-electron chi connectivity index (χ1n) is 10.3. The van der Waals surface area contributed by atoms with Gasteiger partial charge in [-0.05, 0) is 90.1 Å². The van der Waals surface area contributed by atoms with Crippen molar-refractivity contribution < 1.29 is 9.90 Å². The number of aliphatic hydroxyl groups excluding tert-OH is 1. The van der Waals surface area contributed by atoms with Crippen LogP contribution < -0.4 is 15.5 Å². The summed E-state index contributed by atoms with van der Waals surface area (Å²) in [6.07, 6.45) is 3.46. The fraction of sp³-hybridized carbons (Fsp3) is 0.409. The lowest BCUT2D eigenvalue weighted by molar-refractivity contribution is 0.162. The molecule has 6 nitrogen and oxygen atoms in total. The number of para-hydroxylation sites is 1. The molecule has 1 saturated carbocycles. The number of piperidine rings is 1. The van der Waals surface area contributed by atoms with Gasteiger partial charge in [0.2, 0.25) is 6.35 Å². The third-order valence-electron chi connectivity index (χ3n) is 6.15. The molecule has 2 aromatic rings. The summed E-state index contributed by atoms with van der Waals surface area (Å²) in [7, 11) is 0. The average molecular weight is 504 g/mol.